The monoisotopic (exact) mass is 385 g/mol. The number of anilines is 1. The van der Waals surface area contributed by atoms with E-state index in [1.165, 1.54) is 7.11 Å². The lowest BCUT2D eigenvalue weighted by atomic mass is 10.3. The molecule has 0 atom stereocenters. The summed E-state index contributed by atoms with van der Waals surface area (Å²) in [6, 6.07) is 2.86. The molecule has 0 saturated carbocycles. The first-order valence-electron chi connectivity index (χ1n) is 7.88. The number of aromatic nitrogens is 3. The minimum Gasteiger partial charge on any atom is -0.467 e. The minimum atomic E-state index is -4.43. The van der Waals surface area contributed by atoms with Crippen LogP contribution in [0.25, 0.3) is 0 Å². The van der Waals surface area contributed by atoms with Gasteiger partial charge in [0.2, 0.25) is 16.0 Å². The summed E-state index contributed by atoms with van der Waals surface area (Å²) in [4.78, 5) is 13.2. The highest BCUT2D eigenvalue weighted by molar-refractivity contribution is 7.89. The summed E-state index contributed by atoms with van der Waals surface area (Å²) in [5.74, 6) is -1.90. The van der Waals surface area contributed by atoms with E-state index in [1.54, 1.807) is 0 Å². The maximum absolute atomic E-state index is 13.7. The predicted molar refractivity (Wildman–Crippen MR) is 88.2 cm³/mol. The van der Waals surface area contributed by atoms with E-state index in [0.29, 0.717) is 5.95 Å². The van der Waals surface area contributed by atoms with Crippen LogP contribution in [0.5, 0.6) is 6.01 Å². The highest BCUT2D eigenvalue weighted by Gasteiger charge is 2.24. The number of nitrogens with one attached hydrogen (secondary N) is 1. The van der Waals surface area contributed by atoms with Gasteiger partial charge in [-0.2, -0.15) is 15.0 Å². The number of ether oxygens (including phenoxy) is 1. The molecule has 1 aliphatic rings. The summed E-state index contributed by atoms with van der Waals surface area (Å²) < 4.78 is 59.1. The van der Waals surface area contributed by atoms with Crippen LogP contribution in [0, 0.1) is 11.6 Å². The Bertz CT molecular complexity index is 884. The molecule has 1 fully saturated rings. The SMILES string of the molecule is COc1nc(CNS(=O)(=O)c2c(F)cccc2F)nc(N2CCCC2)n1. The van der Waals surface area contributed by atoms with Crippen molar-refractivity contribution in [1.82, 2.24) is 19.7 Å². The summed E-state index contributed by atoms with van der Waals surface area (Å²) in [5, 5.41) is 0. The average Bonchev–Trinajstić information content (AvgIpc) is 3.14. The van der Waals surface area contributed by atoms with Crippen LogP contribution in [0.1, 0.15) is 18.7 Å². The van der Waals surface area contributed by atoms with Gasteiger partial charge in [0.25, 0.3) is 0 Å². The molecule has 1 saturated heterocycles. The number of rotatable bonds is 6. The first-order valence-corrected chi connectivity index (χ1v) is 9.36. The number of halogens is 2. The second kappa shape index (κ2) is 7.46. The highest BCUT2D eigenvalue weighted by atomic mass is 32.2. The van der Waals surface area contributed by atoms with Crippen molar-refractivity contribution in [3.63, 3.8) is 0 Å². The first kappa shape index (κ1) is 18.4. The van der Waals surface area contributed by atoms with Gasteiger partial charge in [0.15, 0.2) is 10.7 Å². The molecular weight excluding hydrogens is 368 g/mol. The van der Waals surface area contributed by atoms with Crippen LogP contribution >= 0.6 is 0 Å². The maximum Gasteiger partial charge on any atom is 0.321 e. The number of benzene rings is 1. The normalized spacial score (nSPS) is 14.7. The molecule has 140 valence electrons. The molecule has 3 rings (SSSR count). The lowest BCUT2D eigenvalue weighted by Crippen LogP contribution is -2.27. The molecular formula is C15H17F2N5O3S. The fourth-order valence-corrected chi connectivity index (χ4v) is 3.70. The van der Waals surface area contributed by atoms with Crippen molar-refractivity contribution in [1.29, 1.82) is 0 Å². The fraction of sp³-hybridized carbons (Fsp3) is 0.400. The smallest absolute Gasteiger partial charge is 0.321 e. The summed E-state index contributed by atoms with van der Waals surface area (Å²) in [6.45, 7) is 1.19. The standard InChI is InChI=1S/C15H17F2N5O3S/c1-25-15-20-12(19-14(21-15)22-7-2-3-8-22)9-18-26(23,24)13-10(16)5-4-6-11(13)17/h4-6,18H,2-3,7-9H2,1H3. The molecule has 2 aromatic rings. The zero-order chi connectivity index (χ0) is 18.7. The van der Waals surface area contributed by atoms with Crippen LogP contribution in [-0.2, 0) is 16.6 Å². The Labute approximate surface area is 149 Å². The van der Waals surface area contributed by atoms with Crippen molar-refractivity contribution >= 4 is 16.0 Å². The molecule has 0 aliphatic carbocycles. The van der Waals surface area contributed by atoms with E-state index in [4.69, 9.17) is 4.74 Å². The number of nitrogens with zero attached hydrogens (tertiary/aromatic N) is 4. The van der Waals surface area contributed by atoms with Crippen molar-refractivity contribution in [3.05, 3.63) is 35.7 Å². The number of hydrogen-bond donors (Lipinski definition) is 1. The van der Waals surface area contributed by atoms with E-state index in [0.717, 1.165) is 44.1 Å². The topological polar surface area (TPSA) is 97.3 Å². The highest BCUT2D eigenvalue weighted by Crippen LogP contribution is 2.20. The van der Waals surface area contributed by atoms with Gasteiger partial charge in [-0.1, -0.05) is 6.07 Å². The molecule has 1 aromatic carbocycles. The molecule has 8 nitrogen and oxygen atoms in total. The fourth-order valence-electron chi connectivity index (χ4n) is 2.59. The van der Waals surface area contributed by atoms with Crippen molar-refractivity contribution in [3.8, 4) is 6.01 Å². The van der Waals surface area contributed by atoms with Gasteiger partial charge in [-0.15, -0.1) is 0 Å². The molecule has 1 aromatic heterocycles. The van der Waals surface area contributed by atoms with Crippen LogP contribution in [-0.4, -0.2) is 43.6 Å². The molecule has 0 spiro atoms. The number of methoxy groups -OCH3 is 1. The lowest BCUT2D eigenvalue weighted by Gasteiger charge is -2.16. The predicted octanol–water partition coefficient (Wildman–Crippen LogP) is 1.24. The number of sulfonamides is 1. The summed E-state index contributed by atoms with van der Waals surface area (Å²) in [6.07, 6.45) is 2.01. The zero-order valence-electron chi connectivity index (χ0n) is 13.9. The van der Waals surface area contributed by atoms with E-state index < -0.39 is 26.6 Å². The van der Waals surface area contributed by atoms with Crippen LogP contribution in [0.15, 0.2) is 23.1 Å². The van der Waals surface area contributed by atoms with Gasteiger partial charge in [-0.05, 0) is 25.0 Å². The van der Waals surface area contributed by atoms with Crippen LogP contribution in [0.3, 0.4) is 0 Å². The second-order valence-electron chi connectivity index (χ2n) is 5.61. The van der Waals surface area contributed by atoms with Gasteiger partial charge in [-0.25, -0.2) is 21.9 Å². The van der Waals surface area contributed by atoms with Gasteiger partial charge in [0.05, 0.1) is 13.7 Å². The van der Waals surface area contributed by atoms with Gasteiger partial charge in [0.1, 0.15) is 11.6 Å². The molecule has 0 unspecified atom stereocenters. The van der Waals surface area contributed by atoms with Gasteiger partial charge in [-0.3, -0.25) is 0 Å². The second-order valence-corrected chi connectivity index (χ2v) is 7.31. The largest absolute Gasteiger partial charge is 0.467 e. The van der Waals surface area contributed by atoms with Gasteiger partial charge in [0, 0.05) is 13.1 Å². The molecule has 26 heavy (non-hydrogen) atoms. The van der Waals surface area contributed by atoms with Gasteiger partial charge >= 0.3 is 6.01 Å². The molecule has 1 N–H and O–H groups in total. The quantitative estimate of drug-likeness (QED) is 0.799. The van der Waals surface area contributed by atoms with E-state index in [9.17, 15) is 17.2 Å². The zero-order valence-corrected chi connectivity index (χ0v) is 14.8. The third kappa shape index (κ3) is 3.88. The van der Waals surface area contributed by atoms with Crippen molar-refractivity contribution < 1.29 is 21.9 Å². The third-order valence-corrected chi connectivity index (χ3v) is 5.28. The summed E-state index contributed by atoms with van der Waals surface area (Å²) in [7, 11) is -3.05. The van der Waals surface area contributed by atoms with E-state index >= 15 is 0 Å². The Balaban J connectivity index is 1.83. The Morgan fingerprint density at radius 1 is 1.15 bits per heavy atom. The molecule has 0 radical (unpaired) electrons. The van der Waals surface area contributed by atoms with E-state index in [2.05, 4.69) is 19.7 Å². The number of hydrogen-bond acceptors (Lipinski definition) is 7. The Morgan fingerprint density at radius 2 is 1.81 bits per heavy atom. The van der Waals surface area contributed by atoms with Gasteiger partial charge < -0.3 is 9.64 Å². The van der Waals surface area contributed by atoms with Crippen molar-refractivity contribution in [2.45, 2.75) is 24.3 Å². The van der Waals surface area contributed by atoms with Crippen LogP contribution < -0.4 is 14.4 Å². The maximum atomic E-state index is 13.7. The van der Waals surface area contributed by atoms with Crippen LogP contribution in [0.2, 0.25) is 0 Å². The lowest BCUT2D eigenvalue weighted by molar-refractivity contribution is 0.375. The molecule has 0 amide bonds. The van der Waals surface area contributed by atoms with E-state index in [-0.39, 0.29) is 18.4 Å². The Hall–Kier alpha value is -2.40. The van der Waals surface area contributed by atoms with Crippen molar-refractivity contribution in [2.24, 2.45) is 0 Å². The molecule has 1 aliphatic heterocycles. The Morgan fingerprint density at radius 3 is 2.42 bits per heavy atom. The summed E-state index contributed by atoms with van der Waals surface area (Å²) >= 11 is 0. The first-order chi connectivity index (χ1) is 12.4. The Kier molecular flexibility index (Phi) is 5.28. The van der Waals surface area contributed by atoms with Crippen molar-refractivity contribution in [2.75, 3.05) is 25.1 Å². The third-order valence-electron chi connectivity index (χ3n) is 3.83. The van der Waals surface area contributed by atoms with Crippen LogP contribution in [0.4, 0.5) is 14.7 Å². The summed E-state index contributed by atoms with van der Waals surface area (Å²) in [5.41, 5.74) is 0. The van der Waals surface area contributed by atoms with E-state index in [1.807, 2.05) is 4.90 Å². The molecule has 0 bridgehead atoms. The molecule has 11 heteroatoms. The molecule has 2 heterocycles. The average molecular weight is 385 g/mol. The minimum absolute atomic E-state index is 0.0353.